The lowest BCUT2D eigenvalue weighted by atomic mass is 10.00. The van der Waals surface area contributed by atoms with E-state index in [4.69, 9.17) is 5.11 Å². The highest BCUT2D eigenvalue weighted by Gasteiger charge is 2.12. The summed E-state index contributed by atoms with van der Waals surface area (Å²) in [6.45, 7) is 0. The third-order valence-corrected chi connectivity index (χ3v) is 3.35. The Balaban J connectivity index is 2.51. The van der Waals surface area contributed by atoms with E-state index < -0.39 is 16.7 Å². The van der Waals surface area contributed by atoms with Crippen molar-refractivity contribution in [3.8, 4) is 11.1 Å². The fraction of sp³-hybridized carbons (Fsp3) is 0.0714. The van der Waals surface area contributed by atoms with Gasteiger partial charge in [0.25, 0.3) is 0 Å². The Labute approximate surface area is 112 Å². The van der Waals surface area contributed by atoms with Crippen LogP contribution in [0.5, 0.6) is 0 Å². The Hall–Kier alpha value is -2.14. The summed E-state index contributed by atoms with van der Waals surface area (Å²) in [6.07, 6.45) is 0. The summed E-state index contributed by atoms with van der Waals surface area (Å²) in [5, 5.41) is 9.15. The summed E-state index contributed by atoms with van der Waals surface area (Å²) in [5.41, 5.74) is 1.98. The van der Waals surface area contributed by atoms with Crippen LogP contribution in [-0.4, -0.2) is 19.5 Å². The molecule has 0 heterocycles. The smallest absolute Gasteiger partial charge is 0.336 e. The molecule has 0 unspecified atom stereocenters. The third kappa shape index (κ3) is 3.20. The minimum Gasteiger partial charge on any atom is -0.478 e. The molecular weight excluding hydrogens is 264 g/mol. The molecule has 4 nitrogen and oxygen atoms in total. The second-order valence-corrected chi connectivity index (χ2v) is 5.02. The molecule has 0 aliphatic carbocycles. The Morgan fingerprint density at radius 3 is 2.26 bits per heavy atom. The van der Waals surface area contributed by atoms with Gasteiger partial charge in [0.15, 0.2) is 0 Å². The van der Waals surface area contributed by atoms with E-state index in [2.05, 4.69) is 0 Å². The van der Waals surface area contributed by atoms with Crippen LogP contribution in [0.1, 0.15) is 15.9 Å². The largest absolute Gasteiger partial charge is 0.478 e. The predicted molar refractivity (Wildman–Crippen MR) is 72.9 cm³/mol. The first-order chi connectivity index (χ1) is 9.08. The Bertz CT molecular complexity index is 667. The van der Waals surface area contributed by atoms with E-state index in [0.29, 0.717) is 5.56 Å². The Morgan fingerprint density at radius 2 is 1.68 bits per heavy atom. The molecule has 2 rings (SSSR count). The van der Waals surface area contributed by atoms with Crippen molar-refractivity contribution in [3.05, 3.63) is 59.7 Å². The monoisotopic (exact) mass is 276 g/mol. The zero-order chi connectivity index (χ0) is 13.8. The van der Waals surface area contributed by atoms with Gasteiger partial charge in [-0.1, -0.05) is 42.5 Å². The first-order valence-corrected chi connectivity index (χ1v) is 6.97. The van der Waals surface area contributed by atoms with Crippen molar-refractivity contribution in [1.82, 2.24) is 0 Å². The molecule has 5 heteroatoms. The molecule has 0 bridgehead atoms. The van der Waals surface area contributed by atoms with Crippen LogP contribution >= 0.6 is 0 Å². The summed E-state index contributed by atoms with van der Waals surface area (Å²) < 4.78 is 21.5. The normalized spacial score (nSPS) is 10.6. The van der Waals surface area contributed by atoms with Crippen LogP contribution in [0.2, 0.25) is 0 Å². The van der Waals surface area contributed by atoms with Crippen molar-refractivity contribution in [2.45, 2.75) is 5.75 Å². The topological polar surface area (TPSA) is 71.4 Å². The van der Waals surface area contributed by atoms with Gasteiger partial charge in [-0.3, -0.25) is 0 Å². The van der Waals surface area contributed by atoms with Gasteiger partial charge in [-0.05, 0) is 22.8 Å². The number of hydrogen-bond acceptors (Lipinski definition) is 3. The van der Waals surface area contributed by atoms with E-state index in [0.717, 1.165) is 11.1 Å². The maximum atomic E-state index is 11.2. The second-order valence-electron chi connectivity index (χ2n) is 4.03. The van der Waals surface area contributed by atoms with E-state index in [9.17, 15) is 13.2 Å². The molecule has 0 aliphatic rings. The van der Waals surface area contributed by atoms with E-state index in [1.165, 1.54) is 6.07 Å². The summed E-state index contributed by atoms with van der Waals surface area (Å²) in [7, 11) is -2.64. The fourth-order valence-corrected chi connectivity index (χ4v) is 2.42. The molecule has 0 atom stereocenters. The first kappa shape index (κ1) is 13.3. The van der Waals surface area contributed by atoms with Crippen LogP contribution in [0.15, 0.2) is 48.5 Å². The summed E-state index contributed by atoms with van der Waals surface area (Å²) in [6, 6.07) is 14.1. The van der Waals surface area contributed by atoms with Crippen LogP contribution in [0.4, 0.5) is 0 Å². The van der Waals surface area contributed by atoms with Gasteiger partial charge in [-0.2, -0.15) is 0 Å². The van der Waals surface area contributed by atoms with E-state index in [1.807, 2.05) is 30.3 Å². The molecule has 0 aliphatic heterocycles. The molecule has 98 valence electrons. The van der Waals surface area contributed by atoms with Crippen molar-refractivity contribution in [2.24, 2.45) is 0 Å². The molecule has 0 saturated carbocycles. The number of rotatable bonds is 4. The molecule has 0 saturated heterocycles. The lowest BCUT2D eigenvalue weighted by molar-refractivity contribution is 0.0696. The number of carbonyl (C=O) groups is 1. The standard InChI is InChI=1S/C14H12O4S/c15-14(16)13-8-11(10-4-2-1-3-5-10)6-7-12(13)9-19(17)18/h1-8,19H,9H2,(H,15,16). The molecule has 19 heavy (non-hydrogen) atoms. The van der Waals surface area contributed by atoms with Gasteiger partial charge < -0.3 is 5.11 Å². The molecule has 0 spiro atoms. The number of carboxylic acids is 1. The quantitative estimate of drug-likeness (QED) is 0.839. The number of thiol groups is 1. The van der Waals surface area contributed by atoms with Crippen molar-refractivity contribution in [3.63, 3.8) is 0 Å². The predicted octanol–water partition coefficient (Wildman–Crippen LogP) is 2.16. The molecule has 1 N–H and O–H groups in total. The molecule has 0 aromatic heterocycles. The number of hydrogen-bond donors (Lipinski definition) is 2. The highest BCUT2D eigenvalue weighted by molar-refractivity contribution is 7.71. The van der Waals surface area contributed by atoms with Gasteiger partial charge in [-0.15, -0.1) is 0 Å². The zero-order valence-corrected chi connectivity index (χ0v) is 10.8. The molecule has 0 radical (unpaired) electrons. The summed E-state index contributed by atoms with van der Waals surface area (Å²) >= 11 is 0. The van der Waals surface area contributed by atoms with Gasteiger partial charge in [0, 0.05) is 0 Å². The van der Waals surface area contributed by atoms with Crippen LogP contribution in [0.3, 0.4) is 0 Å². The molecule has 2 aromatic carbocycles. The Kier molecular flexibility index (Phi) is 3.97. The summed E-state index contributed by atoms with van der Waals surface area (Å²) in [4.78, 5) is 11.2. The van der Waals surface area contributed by atoms with Gasteiger partial charge in [-0.25, -0.2) is 13.2 Å². The fourth-order valence-electron chi connectivity index (χ4n) is 1.86. The van der Waals surface area contributed by atoms with Crippen LogP contribution in [0.25, 0.3) is 11.1 Å². The minimum atomic E-state index is -2.64. The molecular formula is C14H12O4S. The van der Waals surface area contributed by atoms with Crippen LogP contribution in [0, 0.1) is 0 Å². The van der Waals surface area contributed by atoms with Crippen molar-refractivity contribution < 1.29 is 18.3 Å². The minimum absolute atomic E-state index is 0.0283. The average molecular weight is 276 g/mol. The lowest BCUT2D eigenvalue weighted by Crippen LogP contribution is -2.03. The Morgan fingerprint density at radius 1 is 1.00 bits per heavy atom. The highest BCUT2D eigenvalue weighted by Crippen LogP contribution is 2.23. The maximum absolute atomic E-state index is 11.2. The third-order valence-electron chi connectivity index (χ3n) is 2.75. The van der Waals surface area contributed by atoms with Crippen molar-refractivity contribution in [1.29, 1.82) is 0 Å². The second kappa shape index (κ2) is 5.67. The van der Waals surface area contributed by atoms with E-state index >= 15 is 0 Å². The van der Waals surface area contributed by atoms with Gasteiger partial charge in [0.1, 0.15) is 10.7 Å². The van der Waals surface area contributed by atoms with E-state index in [1.54, 1.807) is 12.1 Å². The zero-order valence-electron chi connectivity index (χ0n) is 9.95. The van der Waals surface area contributed by atoms with Gasteiger partial charge in [0.2, 0.25) is 0 Å². The summed E-state index contributed by atoms with van der Waals surface area (Å²) in [5.74, 6) is -1.38. The van der Waals surface area contributed by atoms with E-state index in [-0.39, 0.29) is 11.3 Å². The molecule has 2 aromatic rings. The van der Waals surface area contributed by atoms with Gasteiger partial charge in [0.05, 0.1) is 11.3 Å². The SMILES string of the molecule is O=C(O)c1cc(-c2ccccc2)ccc1C[SH](=O)=O. The average Bonchev–Trinajstić information content (AvgIpc) is 2.39. The number of aromatic carboxylic acids is 1. The molecule has 0 fully saturated rings. The maximum Gasteiger partial charge on any atom is 0.336 e. The lowest BCUT2D eigenvalue weighted by Gasteiger charge is -2.07. The van der Waals surface area contributed by atoms with Gasteiger partial charge >= 0.3 is 5.97 Å². The number of carboxylic acid groups (broad SMARTS) is 1. The molecule has 0 amide bonds. The van der Waals surface area contributed by atoms with Crippen molar-refractivity contribution in [2.75, 3.05) is 0 Å². The first-order valence-electron chi connectivity index (χ1n) is 5.61. The number of benzene rings is 2. The van der Waals surface area contributed by atoms with Crippen LogP contribution < -0.4 is 0 Å². The van der Waals surface area contributed by atoms with Crippen LogP contribution in [-0.2, 0) is 16.5 Å². The highest BCUT2D eigenvalue weighted by atomic mass is 32.2. The van der Waals surface area contributed by atoms with Crippen molar-refractivity contribution >= 4 is 16.7 Å².